The topological polar surface area (TPSA) is 151 Å². The normalized spacial score (nSPS) is 15.0. The van der Waals surface area contributed by atoms with E-state index < -0.39 is 42.8 Å². The largest absolute Gasteiger partial charge is 0.440 e. The van der Waals surface area contributed by atoms with Crippen LogP contribution in [-0.2, 0) is 14.3 Å². The van der Waals surface area contributed by atoms with Gasteiger partial charge in [0.2, 0.25) is 11.8 Å². The van der Waals surface area contributed by atoms with E-state index in [0.29, 0.717) is 6.42 Å². The lowest BCUT2D eigenvalue weighted by Gasteiger charge is -2.20. The van der Waals surface area contributed by atoms with Crippen LogP contribution in [0.2, 0.25) is 0 Å². The molecule has 12 heteroatoms. The van der Waals surface area contributed by atoms with Gasteiger partial charge < -0.3 is 27.3 Å². The maximum Gasteiger partial charge on any atom is 0.422 e. The molecule has 0 saturated heterocycles. The molecule has 0 fully saturated rings. The van der Waals surface area contributed by atoms with Crippen molar-refractivity contribution in [2.45, 2.75) is 58.8 Å². The molecule has 0 aliphatic carbocycles. The Bertz CT molecular complexity index is 467. The maximum absolute atomic E-state index is 11.7. The summed E-state index contributed by atoms with van der Waals surface area (Å²) in [4.78, 5) is 32.3. The van der Waals surface area contributed by atoms with Crippen LogP contribution in [0.3, 0.4) is 0 Å². The number of alkyl halides is 3. The van der Waals surface area contributed by atoms with E-state index in [1.165, 1.54) is 0 Å². The summed E-state index contributed by atoms with van der Waals surface area (Å²) >= 11 is 0. The number of rotatable bonds is 8. The average Bonchev–Trinajstić information content (AvgIpc) is 2.55. The summed E-state index contributed by atoms with van der Waals surface area (Å²) in [6.45, 7) is 5.58. The summed E-state index contributed by atoms with van der Waals surface area (Å²) in [7, 11) is 0. The van der Waals surface area contributed by atoms with Gasteiger partial charge in [0.1, 0.15) is 6.04 Å². The van der Waals surface area contributed by atoms with Crippen LogP contribution < -0.4 is 22.5 Å². The molecular formula is C15H30ClF3N4O4. The molecule has 0 bridgehead atoms. The molecule has 0 aliphatic rings. The second-order valence-electron chi connectivity index (χ2n) is 5.91. The first-order chi connectivity index (χ1) is 11.8. The van der Waals surface area contributed by atoms with E-state index in [0.717, 1.165) is 6.42 Å². The molecule has 0 saturated carbocycles. The Hall–Kier alpha value is -1.75. The summed E-state index contributed by atoms with van der Waals surface area (Å²) in [5.41, 5.74) is 15.4. The van der Waals surface area contributed by atoms with Gasteiger partial charge >= 0.3 is 12.3 Å². The lowest BCUT2D eigenvalue weighted by Crippen LogP contribution is -2.48. The van der Waals surface area contributed by atoms with E-state index in [9.17, 15) is 27.6 Å². The molecular weight excluding hydrogens is 393 g/mol. The lowest BCUT2D eigenvalue weighted by molar-refractivity contribution is -0.160. The molecule has 0 aromatic heterocycles. The first-order valence-electron chi connectivity index (χ1n) is 8.10. The third kappa shape index (κ3) is 15.0. The van der Waals surface area contributed by atoms with Crippen molar-refractivity contribution < 1.29 is 32.3 Å². The smallest absolute Gasteiger partial charge is 0.422 e. The second kappa shape index (κ2) is 14.3. The number of nitrogens with two attached hydrogens (primary N) is 3. The number of ether oxygens (including phenoxy) is 1. The van der Waals surface area contributed by atoms with Crippen molar-refractivity contribution in [2.75, 3.05) is 6.61 Å². The van der Waals surface area contributed by atoms with Gasteiger partial charge in [-0.05, 0) is 11.8 Å². The third-order valence-electron chi connectivity index (χ3n) is 3.75. The maximum atomic E-state index is 11.7. The number of amides is 3. The molecule has 0 unspecified atom stereocenters. The van der Waals surface area contributed by atoms with Crippen LogP contribution in [0.1, 0.15) is 40.5 Å². The lowest BCUT2D eigenvalue weighted by atomic mass is 9.99. The van der Waals surface area contributed by atoms with E-state index in [1.54, 1.807) is 13.8 Å². The Morgan fingerprint density at radius 2 is 1.44 bits per heavy atom. The monoisotopic (exact) mass is 422 g/mol. The van der Waals surface area contributed by atoms with Gasteiger partial charge in [-0.1, -0.05) is 40.5 Å². The minimum Gasteiger partial charge on any atom is -0.440 e. The van der Waals surface area contributed by atoms with Gasteiger partial charge in [-0.3, -0.25) is 9.59 Å². The molecule has 27 heavy (non-hydrogen) atoms. The van der Waals surface area contributed by atoms with E-state index in [-0.39, 0.29) is 24.2 Å². The number of carbonyl (C=O) groups excluding carboxylic acids is 3. The fourth-order valence-electron chi connectivity index (χ4n) is 1.58. The Labute approximate surface area is 163 Å². The van der Waals surface area contributed by atoms with Gasteiger partial charge in [0.05, 0.1) is 6.04 Å². The van der Waals surface area contributed by atoms with Crippen LogP contribution in [0.25, 0.3) is 0 Å². The molecule has 0 radical (unpaired) electrons. The van der Waals surface area contributed by atoms with Crippen LogP contribution in [-0.4, -0.2) is 42.8 Å². The van der Waals surface area contributed by atoms with E-state index in [4.69, 9.17) is 17.2 Å². The van der Waals surface area contributed by atoms with Gasteiger partial charge in [-0.2, -0.15) is 13.2 Å². The summed E-state index contributed by atoms with van der Waals surface area (Å²) in [5, 5.41) is 2.00. The molecule has 7 N–H and O–H groups in total. The molecule has 0 aromatic carbocycles. The number of carbonyl (C=O) groups is 3. The Morgan fingerprint density at radius 3 is 1.70 bits per heavy atom. The fraction of sp³-hybridized carbons (Fsp3) is 0.800. The second-order valence-corrected chi connectivity index (χ2v) is 5.91. The highest BCUT2D eigenvalue weighted by molar-refractivity contribution is 5.85. The van der Waals surface area contributed by atoms with Crippen molar-refractivity contribution in [1.82, 2.24) is 5.32 Å². The highest BCUT2D eigenvalue weighted by Crippen LogP contribution is 2.14. The first-order valence-corrected chi connectivity index (χ1v) is 8.10. The number of alkyl carbamates (subject to hydrolysis) is 1. The quantitative estimate of drug-likeness (QED) is 0.466. The van der Waals surface area contributed by atoms with Gasteiger partial charge in [-0.25, -0.2) is 4.79 Å². The van der Waals surface area contributed by atoms with Gasteiger partial charge in [-0.15, -0.1) is 12.4 Å². The zero-order valence-electron chi connectivity index (χ0n) is 15.8. The summed E-state index contributed by atoms with van der Waals surface area (Å²) in [6.07, 6.45) is -4.49. The molecule has 3 amide bonds. The number of primary amides is 2. The van der Waals surface area contributed by atoms with Crippen LogP contribution in [0.4, 0.5) is 18.0 Å². The summed E-state index contributed by atoms with van der Waals surface area (Å²) < 4.78 is 39.1. The highest BCUT2D eigenvalue weighted by atomic mass is 35.5. The predicted octanol–water partition coefficient (Wildman–Crippen LogP) is 1.44. The van der Waals surface area contributed by atoms with Crippen molar-refractivity contribution >= 4 is 30.3 Å². The highest BCUT2D eigenvalue weighted by Gasteiger charge is 2.31. The van der Waals surface area contributed by atoms with E-state index >= 15 is 0 Å². The molecule has 0 aromatic rings. The Morgan fingerprint density at radius 1 is 1.00 bits per heavy atom. The number of nitrogens with one attached hydrogen (secondary N) is 1. The van der Waals surface area contributed by atoms with Crippen molar-refractivity contribution in [2.24, 2.45) is 29.0 Å². The summed E-state index contributed by atoms with van der Waals surface area (Å²) in [6, 6.07) is -1.52. The molecule has 0 rings (SSSR count). The van der Waals surface area contributed by atoms with E-state index in [1.807, 2.05) is 19.2 Å². The van der Waals surface area contributed by atoms with Gasteiger partial charge in [0.25, 0.3) is 0 Å². The minimum absolute atomic E-state index is 0. The molecule has 8 nitrogen and oxygen atoms in total. The minimum atomic E-state index is -4.60. The van der Waals surface area contributed by atoms with Crippen molar-refractivity contribution in [3.8, 4) is 0 Å². The molecule has 0 spiro atoms. The Balaban J connectivity index is -0.000000491. The third-order valence-corrected chi connectivity index (χ3v) is 3.75. The summed E-state index contributed by atoms with van der Waals surface area (Å²) in [5.74, 6) is -1.32. The first kappa shape index (κ1) is 30.0. The van der Waals surface area contributed by atoms with E-state index in [2.05, 4.69) is 4.74 Å². The van der Waals surface area contributed by atoms with Crippen molar-refractivity contribution in [3.63, 3.8) is 0 Å². The molecule has 0 heterocycles. The van der Waals surface area contributed by atoms with Crippen LogP contribution in [0.5, 0.6) is 0 Å². The molecule has 4 atom stereocenters. The zero-order valence-corrected chi connectivity index (χ0v) is 16.7. The Kier molecular flexibility index (Phi) is 15.9. The van der Waals surface area contributed by atoms with Crippen molar-refractivity contribution in [3.05, 3.63) is 0 Å². The van der Waals surface area contributed by atoms with Crippen LogP contribution >= 0.6 is 12.4 Å². The molecule has 162 valence electrons. The van der Waals surface area contributed by atoms with Gasteiger partial charge in [0.15, 0.2) is 6.61 Å². The van der Waals surface area contributed by atoms with Crippen LogP contribution in [0.15, 0.2) is 0 Å². The number of hydrogen-bond acceptors (Lipinski definition) is 5. The van der Waals surface area contributed by atoms with Crippen molar-refractivity contribution in [1.29, 1.82) is 0 Å². The fourth-order valence-corrected chi connectivity index (χ4v) is 1.58. The zero-order chi connectivity index (χ0) is 21.1. The number of hydrogen-bond donors (Lipinski definition) is 4. The standard InChI is InChI=1S/C9H15F3N2O3.C6H14N2O.ClH/c1-3-5(2)6(7(13)15)14-8(16)17-4-9(10,11)12;1-3-4(2)5(7)6(8)9;/h5-6H,3-4H2,1-2H3,(H2,13,15)(H,14,16);4-5H,3,7H2,1-2H3,(H2,8,9);1H/t5-,6-;4-,5-;/m00./s1. The molecule has 0 aliphatic heterocycles. The number of halogens is 4. The van der Waals surface area contributed by atoms with Gasteiger partial charge in [0, 0.05) is 0 Å². The SMILES string of the molecule is CC[C@H](C)[C@H](N)C(N)=O.CC[C@H](C)[C@H](NC(=O)OCC(F)(F)F)C(N)=O.Cl. The average molecular weight is 423 g/mol. The predicted molar refractivity (Wildman–Crippen MR) is 96.8 cm³/mol. The van der Waals surface area contributed by atoms with Crippen LogP contribution in [0, 0.1) is 11.8 Å².